The Kier molecular flexibility index (Phi) is 6.98. The minimum Gasteiger partial charge on any atom is -0.349 e. The third-order valence-electron chi connectivity index (χ3n) is 4.12. The fraction of sp³-hybridized carbons (Fsp3) is 0.300. The molecule has 1 unspecified atom stereocenters. The van der Waals surface area contributed by atoms with Crippen LogP contribution in [0.15, 0.2) is 65.8 Å². The van der Waals surface area contributed by atoms with Gasteiger partial charge in [-0.05, 0) is 28.0 Å². The van der Waals surface area contributed by atoms with E-state index in [1.807, 2.05) is 60.7 Å². The number of hydrogen-bond acceptors (Lipinski definition) is 5. The van der Waals surface area contributed by atoms with Gasteiger partial charge >= 0.3 is 0 Å². The van der Waals surface area contributed by atoms with Crippen LogP contribution in [-0.4, -0.2) is 31.9 Å². The second-order valence-corrected chi connectivity index (χ2v) is 7.16. The molecule has 0 radical (unpaired) electrons. The number of nitrogens with zero attached hydrogens (tertiary/aromatic N) is 4. The molecule has 6 nitrogen and oxygen atoms in total. The number of carbonyl (C=O) groups is 1. The third-order valence-corrected chi connectivity index (χ3v) is 5.08. The summed E-state index contributed by atoms with van der Waals surface area (Å²) in [6.45, 7) is 2.70. The fourth-order valence-corrected chi connectivity index (χ4v) is 3.51. The van der Waals surface area contributed by atoms with E-state index < -0.39 is 0 Å². The SMILES string of the molecule is CCCC(NC(=O)CSc1nnnn1Cc1ccccc1)c1ccccc1. The molecule has 0 fully saturated rings. The maximum Gasteiger partial charge on any atom is 0.230 e. The van der Waals surface area contributed by atoms with Crippen molar-refractivity contribution in [2.45, 2.75) is 37.5 Å². The molecular weight excluding hydrogens is 358 g/mol. The Morgan fingerprint density at radius 1 is 1.11 bits per heavy atom. The summed E-state index contributed by atoms with van der Waals surface area (Å²) in [5.41, 5.74) is 2.25. The Morgan fingerprint density at radius 2 is 1.81 bits per heavy atom. The number of hydrogen-bond donors (Lipinski definition) is 1. The van der Waals surface area contributed by atoms with E-state index in [-0.39, 0.29) is 17.7 Å². The molecule has 0 aliphatic carbocycles. The normalized spacial score (nSPS) is 11.9. The summed E-state index contributed by atoms with van der Waals surface area (Å²) in [6, 6.07) is 20.1. The third kappa shape index (κ3) is 5.65. The Balaban J connectivity index is 1.57. The number of benzene rings is 2. The molecule has 7 heteroatoms. The van der Waals surface area contributed by atoms with Gasteiger partial charge in [0.25, 0.3) is 0 Å². The van der Waals surface area contributed by atoms with Crippen LogP contribution < -0.4 is 5.32 Å². The summed E-state index contributed by atoms with van der Waals surface area (Å²) < 4.78 is 1.72. The lowest BCUT2D eigenvalue weighted by Crippen LogP contribution is -2.30. The predicted octanol–water partition coefficient (Wildman–Crippen LogP) is 3.47. The first-order valence-corrected chi connectivity index (χ1v) is 10.0. The average molecular weight is 382 g/mol. The van der Waals surface area contributed by atoms with Crippen LogP contribution in [0.2, 0.25) is 0 Å². The smallest absolute Gasteiger partial charge is 0.230 e. The highest BCUT2D eigenvalue weighted by molar-refractivity contribution is 7.99. The number of rotatable bonds is 9. The van der Waals surface area contributed by atoms with E-state index >= 15 is 0 Å². The van der Waals surface area contributed by atoms with Gasteiger partial charge in [-0.1, -0.05) is 85.8 Å². The number of thioether (sulfide) groups is 1. The van der Waals surface area contributed by atoms with Crippen LogP contribution in [0.25, 0.3) is 0 Å². The van der Waals surface area contributed by atoms with E-state index in [9.17, 15) is 4.79 Å². The average Bonchev–Trinajstić information content (AvgIpc) is 3.14. The molecule has 1 amide bonds. The molecule has 0 aliphatic rings. The molecule has 3 aromatic rings. The molecule has 27 heavy (non-hydrogen) atoms. The van der Waals surface area contributed by atoms with E-state index in [1.165, 1.54) is 11.8 Å². The summed E-state index contributed by atoms with van der Waals surface area (Å²) in [7, 11) is 0. The zero-order valence-electron chi connectivity index (χ0n) is 15.3. The lowest BCUT2D eigenvalue weighted by molar-refractivity contribution is -0.119. The van der Waals surface area contributed by atoms with Crippen molar-refractivity contribution in [1.29, 1.82) is 0 Å². The molecule has 1 N–H and O–H groups in total. The lowest BCUT2D eigenvalue weighted by atomic mass is 10.0. The molecule has 0 bridgehead atoms. The Bertz CT molecular complexity index is 838. The molecule has 2 aromatic carbocycles. The van der Waals surface area contributed by atoms with Crippen LogP contribution in [0.5, 0.6) is 0 Å². The highest BCUT2D eigenvalue weighted by Gasteiger charge is 2.15. The van der Waals surface area contributed by atoms with Crippen LogP contribution in [0.4, 0.5) is 0 Å². The van der Waals surface area contributed by atoms with Gasteiger partial charge in [-0.25, -0.2) is 4.68 Å². The number of nitrogens with one attached hydrogen (secondary N) is 1. The molecular formula is C20H23N5OS. The molecule has 1 aromatic heterocycles. The summed E-state index contributed by atoms with van der Waals surface area (Å²) in [5.74, 6) is 0.263. The lowest BCUT2D eigenvalue weighted by Gasteiger charge is -2.18. The van der Waals surface area contributed by atoms with E-state index in [0.717, 1.165) is 24.0 Å². The Labute approximate surface area is 163 Å². The molecule has 0 aliphatic heterocycles. The maximum atomic E-state index is 12.5. The van der Waals surface area contributed by atoms with Gasteiger partial charge in [-0.3, -0.25) is 4.79 Å². The molecule has 0 spiro atoms. The zero-order valence-corrected chi connectivity index (χ0v) is 16.1. The standard InChI is InChI=1S/C20H23N5OS/c1-2-9-18(17-12-7-4-8-13-17)21-19(26)15-27-20-22-23-24-25(20)14-16-10-5-3-6-11-16/h3-8,10-13,18H,2,9,14-15H2,1H3,(H,21,26). The van der Waals surface area contributed by atoms with Crippen molar-refractivity contribution in [3.63, 3.8) is 0 Å². The molecule has 0 saturated carbocycles. The van der Waals surface area contributed by atoms with Gasteiger partial charge in [-0.15, -0.1) is 5.10 Å². The maximum absolute atomic E-state index is 12.5. The van der Waals surface area contributed by atoms with E-state index in [1.54, 1.807) is 4.68 Å². The number of amides is 1. The van der Waals surface area contributed by atoms with Gasteiger partial charge in [0.15, 0.2) is 0 Å². The quantitative estimate of drug-likeness (QED) is 0.575. The van der Waals surface area contributed by atoms with Gasteiger partial charge in [0.2, 0.25) is 11.1 Å². The van der Waals surface area contributed by atoms with Crippen LogP contribution in [0.1, 0.15) is 36.9 Å². The first-order valence-electron chi connectivity index (χ1n) is 9.03. The molecule has 140 valence electrons. The fourth-order valence-electron chi connectivity index (χ4n) is 2.82. The van der Waals surface area contributed by atoms with Gasteiger partial charge < -0.3 is 5.32 Å². The van der Waals surface area contributed by atoms with Crippen molar-refractivity contribution in [1.82, 2.24) is 25.5 Å². The molecule has 3 rings (SSSR count). The van der Waals surface area contributed by atoms with Gasteiger partial charge in [0, 0.05) is 0 Å². The number of tetrazole rings is 1. The van der Waals surface area contributed by atoms with Gasteiger partial charge in [0.1, 0.15) is 0 Å². The highest BCUT2D eigenvalue weighted by atomic mass is 32.2. The zero-order chi connectivity index (χ0) is 18.9. The van der Waals surface area contributed by atoms with E-state index in [0.29, 0.717) is 11.7 Å². The van der Waals surface area contributed by atoms with Gasteiger partial charge in [0.05, 0.1) is 18.3 Å². The van der Waals surface area contributed by atoms with Crippen molar-refractivity contribution < 1.29 is 4.79 Å². The minimum atomic E-state index is -0.0171. The topological polar surface area (TPSA) is 72.7 Å². The highest BCUT2D eigenvalue weighted by Crippen LogP contribution is 2.19. The van der Waals surface area contributed by atoms with Gasteiger partial charge in [-0.2, -0.15) is 0 Å². The summed E-state index contributed by atoms with van der Waals surface area (Å²) >= 11 is 1.35. The van der Waals surface area contributed by atoms with Crippen molar-refractivity contribution in [2.24, 2.45) is 0 Å². The first kappa shape index (κ1) is 19.1. The summed E-state index contributed by atoms with van der Waals surface area (Å²) in [4.78, 5) is 12.5. The molecule has 1 heterocycles. The first-order chi connectivity index (χ1) is 13.3. The van der Waals surface area contributed by atoms with Crippen molar-refractivity contribution in [3.8, 4) is 0 Å². The molecule has 0 saturated heterocycles. The van der Waals surface area contributed by atoms with Crippen molar-refractivity contribution in [3.05, 3.63) is 71.8 Å². The van der Waals surface area contributed by atoms with Crippen LogP contribution in [0, 0.1) is 0 Å². The van der Waals surface area contributed by atoms with Crippen molar-refractivity contribution >= 4 is 17.7 Å². The monoisotopic (exact) mass is 381 g/mol. The second kappa shape index (κ2) is 9.87. The van der Waals surface area contributed by atoms with E-state index in [4.69, 9.17) is 0 Å². The largest absolute Gasteiger partial charge is 0.349 e. The number of aromatic nitrogens is 4. The van der Waals surface area contributed by atoms with Crippen LogP contribution in [0.3, 0.4) is 0 Å². The second-order valence-electron chi connectivity index (χ2n) is 6.21. The van der Waals surface area contributed by atoms with Crippen molar-refractivity contribution in [2.75, 3.05) is 5.75 Å². The van der Waals surface area contributed by atoms with Crippen LogP contribution in [-0.2, 0) is 11.3 Å². The summed E-state index contributed by atoms with van der Waals surface area (Å²) in [5, 5.41) is 15.6. The van der Waals surface area contributed by atoms with E-state index in [2.05, 4.69) is 27.8 Å². The summed E-state index contributed by atoms with van der Waals surface area (Å²) in [6.07, 6.45) is 1.91. The Hall–Kier alpha value is -2.67. The molecule has 1 atom stereocenters. The predicted molar refractivity (Wildman–Crippen MR) is 106 cm³/mol. The van der Waals surface area contributed by atoms with Crippen LogP contribution >= 0.6 is 11.8 Å². The minimum absolute atomic E-state index is 0.0171. The number of carbonyl (C=O) groups excluding carboxylic acids is 1. The Morgan fingerprint density at radius 3 is 2.52 bits per heavy atom.